The van der Waals surface area contributed by atoms with Crippen LogP contribution in [0.3, 0.4) is 0 Å². The number of aryl methyl sites for hydroxylation is 2. The molecule has 0 spiro atoms. The number of rotatable bonds is 2. The van der Waals surface area contributed by atoms with Crippen molar-refractivity contribution in [2.45, 2.75) is 20.0 Å². The summed E-state index contributed by atoms with van der Waals surface area (Å²) in [5.74, 6) is 0. The number of pyridine rings is 1. The van der Waals surface area contributed by atoms with E-state index in [0.717, 1.165) is 16.7 Å². The van der Waals surface area contributed by atoms with Crippen LogP contribution in [-0.2, 0) is 0 Å². The number of nitrogens with zero attached hydrogens (tertiary/aromatic N) is 1. The van der Waals surface area contributed by atoms with Crippen molar-refractivity contribution in [3.63, 3.8) is 0 Å². The van der Waals surface area contributed by atoms with Crippen LogP contribution in [-0.4, -0.2) is 10.1 Å². The average molecular weight is 248 g/mol. The summed E-state index contributed by atoms with van der Waals surface area (Å²) in [6, 6.07) is 9.56. The van der Waals surface area contributed by atoms with Crippen LogP contribution in [0.15, 0.2) is 36.5 Å². The molecule has 1 heterocycles. The van der Waals surface area contributed by atoms with E-state index < -0.39 is 6.10 Å². The zero-order valence-electron chi connectivity index (χ0n) is 9.81. The third kappa shape index (κ3) is 2.48. The first-order chi connectivity index (χ1) is 8.09. The Bertz CT molecular complexity index is 539. The van der Waals surface area contributed by atoms with E-state index in [1.807, 2.05) is 32.0 Å². The molecule has 0 aliphatic carbocycles. The number of halogens is 1. The monoisotopic (exact) mass is 247 g/mol. The molecule has 2 nitrogen and oxygen atoms in total. The quantitative estimate of drug-likeness (QED) is 0.825. The van der Waals surface area contributed by atoms with Gasteiger partial charge in [0.25, 0.3) is 0 Å². The Morgan fingerprint density at radius 3 is 2.65 bits per heavy atom. The highest BCUT2D eigenvalue weighted by Gasteiger charge is 2.16. The zero-order chi connectivity index (χ0) is 12.4. The van der Waals surface area contributed by atoms with Gasteiger partial charge in [0.2, 0.25) is 0 Å². The van der Waals surface area contributed by atoms with Gasteiger partial charge in [0.05, 0.1) is 0 Å². The summed E-state index contributed by atoms with van der Waals surface area (Å²) < 4.78 is 0. The van der Waals surface area contributed by atoms with E-state index in [-0.39, 0.29) is 0 Å². The molecule has 1 aromatic heterocycles. The summed E-state index contributed by atoms with van der Waals surface area (Å²) in [7, 11) is 0. The first-order valence-electron chi connectivity index (χ1n) is 5.45. The Kier molecular flexibility index (Phi) is 3.46. The Morgan fingerprint density at radius 2 is 1.94 bits per heavy atom. The second kappa shape index (κ2) is 4.86. The number of aliphatic hydroxyl groups is 1. The zero-order valence-corrected chi connectivity index (χ0v) is 10.6. The first kappa shape index (κ1) is 12.1. The Balaban J connectivity index is 2.47. The third-order valence-electron chi connectivity index (χ3n) is 2.81. The Labute approximate surface area is 106 Å². The van der Waals surface area contributed by atoms with Crippen molar-refractivity contribution in [1.82, 2.24) is 4.98 Å². The minimum Gasteiger partial charge on any atom is -0.384 e. The van der Waals surface area contributed by atoms with E-state index >= 15 is 0 Å². The van der Waals surface area contributed by atoms with E-state index in [4.69, 9.17) is 11.6 Å². The topological polar surface area (TPSA) is 33.1 Å². The number of hydrogen-bond donors (Lipinski definition) is 1. The minimum atomic E-state index is -0.726. The molecule has 1 N–H and O–H groups in total. The van der Waals surface area contributed by atoms with Crippen molar-refractivity contribution in [1.29, 1.82) is 0 Å². The first-order valence-corrected chi connectivity index (χ1v) is 5.83. The van der Waals surface area contributed by atoms with Gasteiger partial charge in [-0.1, -0.05) is 41.4 Å². The highest BCUT2D eigenvalue weighted by atomic mass is 35.5. The predicted molar refractivity (Wildman–Crippen MR) is 69.2 cm³/mol. The maximum absolute atomic E-state index is 10.4. The fraction of sp³-hybridized carbons (Fsp3) is 0.214. The number of hydrogen-bond acceptors (Lipinski definition) is 2. The lowest BCUT2D eigenvalue weighted by molar-refractivity contribution is 0.219. The van der Waals surface area contributed by atoms with Gasteiger partial charge in [0.1, 0.15) is 11.3 Å². The van der Waals surface area contributed by atoms with Crippen LogP contribution in [0.4, 0.5) is 0 Å². The molecular weight excluding hydrogens is 234 g/mol. The standard InChI is InChI=1S/C14H14ClNO/c1-9-5-6-10(2)12(8-9)13(17)11-4-3-7-16-14(11)15/h3-8,13,17H,1-2H3. The molecule has 1 atom stereocenters. The Morgan fingerprint density at radius 1 is 1.18 bits per heavy atom. The van der Waals surface area contributed by atoms with Crippen LogP contribution < -0.4 is 0 Å². The summed E-state index contributed by atoms with van der Waals surface area (Å²) >= 11 is 5.99. The maximum Gasteiger partial charge on any atom is 0.135 e. The summed E-state index contributed by atoms with van der Waals surface area (Å²) in [6.07, 6.45) is 0.887. The van der Waals surface area contributed by atoms with Crippen LogP contribution in [0, 0.1) is 13.8 Å². The van der Waals surface area contributed by atoms with Gasteiger partial charge in [-0.15, -0.1) is 0 Å². The van der Waals surface area contributed by atoms with Gasteiger partial charge in [-0.3, -0.25) is 0 Å². The van der Waals surface area contributed by atoms with Gasteiger partial charge < -0.3 is 5.11 Å². The number of benzene rings is 1. The average Bonchev–Trinajstić information content (AvgIpc) is 2.32. The van der Waals surface area contributed by atoms with Crippen LogP contribution in [0.2, 0.25) is 5.15 Å². The summed E-state index contributed by atoms with van der Waals surface area (Å²) in [5.41, 5.74) is 3.68. The summed E-state index contributed by atoms with van der Waals surface area (Å²) in [5, 5.41) is 10.7. The van der Waals surface area contributed by atoms with E-state index in [1.165, 1.54) is 0 Å². The molecule has 2 aromatic rings. The largest absolute Gasteiger partial charge is 0.384 e. The van der Waals surface area contributed by atoms with Crippen LogP contribution in [0.1, 0.15) is 28.4 Å². The summed E-state index contributed by atoms with van der Waals surface area (Å²) in [4.78, 5) is 3.98. The molecule has 2 rings (SSSR count). The van der Waals surface area contributed by atoms with Gasteiger partial charge in [0, 0.05) is 11.8 Å². The molecule has 3 heteroatoms. The highest BCUT2D eigenvalue weighted by Crippen LogP contribution is 2.29. The molecule has 0 amide bonds. The molecule has 0 aliphatic heterocycles. The summed E-state index contributed by atoms with van der Waals surface area (Å²) in [6.45, 7) is 3.97. The number of aromatic nitrogens is 1. The van der Waals surface area contributed by atoms with E-state index in [1.54, 1.807) is 18.3 Å². The normalized spacial score (nSPS) is 12.5. The molecule has 0 bridgehead atoms. The third-order valence-corrected chi connectivity index (χ3v) is 3.13. The molecule has 0 aliphatic rings. The molecule has 0 saturated carbocycles. The van der Waals surface area contributed by atoms with Gasteiger partial charge in [-0.05, 0) is 31.0 Å². The van der Waals surface area contributed by atoms with Crippen molar-refractivity contribution in [2.24, 2.45) is 0 Å². The fourth-order valence-corrected chi connectivity index (χ4v) is 2.05. The van der Waals surface area contributed by atoms with Gasteiger partial charge in [-0.25, -0.2) is 4.98 Å². The van der Waals surface area contributed by atoms with E-state index in [9.17, 15) is 5.11 Å². The van der Waals surface area contributed by atoms with Gasteiger partial charge in [0.15, 0.2) is 0 Å². The Hall–Kier alpha value is -1.38. The molecule has 88 valence electrons. The van der Waals surface area contributed by atoms with Crippen molar-refractivity contribution >= 4 is 11.6 Å². The van der Waals surface area contributed by atoms with Crippen molar-refractivity contribution < 1.29 is 5.11 Å². The van der Waals surface area contributed by atoms with Crippen molar-refractivity contribution in [3.8, 4) is 0 Å². The van der Waals surface area contributed by atoms with Crippen LogP contribution in [0.25, 0.3) is 0 Å². The molecule has 0 radical (unpaired) electrons. The number of aliphatic hydroxyl groups excluding tert-OH is 1. The van der Waals surface area contributed by atoms with Gasteiger partial charge >= 0.3 is 0 Å². The second-order valence-electron chi connectivity index (χ2n) is 4.15. The fourth-order valence-electron chi connectivity index (χ4n) is 1.82. The minimum absolute atomic E-state index is 0.348. The molecule has 1 aromatic carbocycles. The lowest BCUT2D eigenvalue weighted by atomic mass is 9.97. The lowest BCUT2D eigenvalue weighted by Crippen LogP contribution is -2.03. The van der Waals surface area contributed by atoms with Crippen molar-refractivity contribution in [3.05, 3.63) is 63.9 Å². The molecule has 17 heavy (non-hydrogen) atoms. The second-order valence-corrected chi connectivity index (χ2v) is 4.50. The molecule has 0 fully saturated rings. The maximum atomic E-state index is 10.4. The van der Waals surface area contributed by atoms with Crippen LogP contribution >= 0.6 is 11.6 Å². The molecule has 0 saturated heterocycles. The van der Waals surface area contributed by atoms with Crippen molar-refractivity contribution in [2.75, 3.05) is 0 Å². The molecule has 1 unspecified atom stereocenters. The molecular formula is C14H14ClNO. The lowest BCUT2D eigenvalue weighted by Gasteiger charge is -2.15. The van der Waals surface area contributed by atoms with E-state index in [2.05, 4.69) is 4.98 Å². The van der Waals surface area contributed by atoms with E-state index in [0.29, 0.717) is 10.7 Å². The smallest absolute Gasteiger partial charge is 0.135 e. The highest BCUT2D eigenvalue weighted by molar-refractivity contribution is 6.30. The van der Waals surface area contributed by atoms with Crippen LogP contribution in [0.5, 0.6) is 0 Å². The SMILES string of the molecule is Cc1ccc(C)c(C(O)c2cccnc2Cl)c1. The van der Waals surface area contributed by atoms with Gasteiger partial charge in [-0.2, -0.15) is 0 Å². The predicted octanol–water partition coefficient (Wildman–Crippen LogP) is 3.43.